The lowest BCUT2D eigenvalue weighted by atomic mass is 9.46. The Bertz CT molecular complexity index is 434. The molecule has 0 spiro atoms. The summed E-state index contributed by atoms with van der Waals surface area (Å²) in [6.07, 6.45) is 2.68. The predicted molar refractivity (Wildman–Crippen MR) is 77.0 cm³/mol. The largest absolute Gasteiger partial charge is 0.377 e. The highest BCUT2D eigenvalue weighted by Gasteiger charge is 2.65. The summed E-state index contributed by atoms with van der Waals surface area (Å²) >= 11 is 1.63. The molecule has 1 saturated carbocycles. The standard InChI is InChI=1S/C14H23N3OS/c1-13(2)12-11(4-3-5-18-12)14(13,15)8-16-6-10-7-19-9-17-10/h7,9,11-12,16H,3-6,8,15H2,1-2H3. The summed E-state index contributed by atoms with van der Waals surface area (Å²) in [7, 11) is 0. The Morgan fingerprint density at radius 2 is 2.42 bits per heavy atom. The van der Waals surface area contributed by atoms with Gasteiger partial charge >= 0.3 is 0 Å². The van der Waals surface area contributed by atoms with Crippen molar-refractivity contribution < 1.29 is 4.74 Å². The number of nitrogens with one attached hydrogen (secondary N) is 1. The number of hydrogen-bond acceptors (Lipinski definition) is 5. The van der Waals surface area contributed by atoms with Crippen LogP contribution < -0.4 is 11.1 Å². The molecule has 1 aliphatic carbocycles. The highest BCUT2D eigenvalue weighted by Crippen LogP contribution is 2.56. The molecule has 0 amide bonds. The van der Waals surface area contributed by atoms with E-state index in [0.29, 0.717) is 12.0 Å². The van der Waals surface area contributed by atoms with Gasteiger partial charge in [0.1, 0.15) is 0 Å². The van der Waals surface area contributed by atoms with Gasteiger partial charge in [-0.05, 0) is 12.8 Å². The van der Waals surface area contributed by atoms with E-state index in [-0.39, 0.29) is 11.0 Å². The van der Waals surface area contributed by atoms with Crippen LogP contribution in [0.2, 0.25) is 0 Å². The van der Waals surface area contributed by atoms with Crippen molar-refractivity contribution in [1.82, 2.24) is 10.3 Å². The van der Waals surface area contributed by atoms with Gasteiger partial charge < -0.3 is 15.8 Å². The number of hydrogen-bond donors (Lipinski definition) is 2. The van der Waals surface area contributed by atoms with Gasteiger partial charge in [0, 0.05) is 41.9 Å². The van der Waals surface area contributed by atoms with E-state index in [1.165, 1.54) is 6.42 Å². The fraction of sp³-hybridized carbons (Fsp3) is 0.786. The first-order valence-corrected chi connectivity index (χ1v) is 7.98. The van der Waals surface area contributed by atoms with E-state index in [9.17, 15) is 0 Å². The molecule has 0 radical (unpaired) electrons. The number of aromatic nitrogens is 1. The minimum absolute atomic E-state index is 0.0488. The Kier molecular flexibility index (Phi) is 3.41. The lowest BCUT2D eigenvalue weighted by molar-refractivity contribution is -0.225. The molecule has 5 heteroatoms. The summed E-state index contributed by atoms with van der Waals surface area (Å²) in [5, 5.41) is 5.56. The number of nitrogens with two attached hydrogens (primary N) is 1. The summed E-state index contributed by atoms with van der Waals surface area (Å²) in [5.74, 6) is 0.499. The maximum absolute atomic E-state index is 6.71. The highest BCUT2D eigenvalue weighted by molar-refractivity contribution is 7.07. The van der Waals surface area contributed by atoms with Gasteiger partial charge in [-0.3, -0.25) is 0 Å². The number of ether oxygens (including phenoxy) is 1. The minimum Gasteiger partial charge on any atom is -0.377 e. The SMILES string of the molecule is CC1(C)C2OCCCC2C1(N)CNCc1cscn1. The molecule has 2 fully saturated rings. The van der Waals surface area contributed by atoms with Gasteiger partial charge in [-0.15, -0.1) is 11.3 Å². The normalized spacial score (nSPS) is 36.6. The minimum atomic E-state index is -0.159. The molecule has 2 aliphatic rings. The predicted octanol–water partition coefficient (Wildman–Crippen LogP) is 1.77. The Balaban J connectivity index is 1.62. The Hall–Kier alpha value is -0.490. The second kappa shape index (κ2) is 4.81. The van der Waals surface area contributed by atoms with E-state index in [1.54, 1.807) is 11.3 Å². The molecule has 0 aromatic carbocycles. The summed E-state index contributed by atoms with van der Waals surface area (Å²) in [6.45, 7) is 7.01. The molecule has 1 aliphatic heterocycles. The first kappa shape index (κ1) is 13.5. The molecule has 0 bridgehead atoms. The third-order valence-corrected chi connectivity index (χ3v) is 5.74. The highest BCUT2D eigenvalue weighted by atomic mass is 32.1. The van der Waals surface area contributed by atoms with Crippen LogP contribution in [-0.2, 0) is 11.3 Å². The van der Waals surface area contributed by atoms with Crippen molar-refractivity contribution in [2.75, 3.05) is 13.2 Å². The molecular formula is C14H23N3OS. The number of nitrogens with zero attached hydrogens (tertiary/aromatic N) is 1. The van der Waals surface area contributed by atoms with Gasteiger partial charge in [-0.25, -0.2) is 4.98 Å². The average molecular weight is 281 g/mol. The lowest BCUT2D eigenvalue weighted by Crippen LogP contribution is -2.80. The smallest absolute Gasteiger partial charge is 0.0795 e. The fourth-order valence-corrected chi connectivity index (χ4v) is 4.31. The van der Waals surface area contributed by atoms with Crippen LogP contribution in [-0.4, -0.2) is 29.8 Å². The molecule has 2 heterocycles. The monoisotopic (exact) mass is 281 g/mol. The zero-order valence-corrected chi connectivity index (χ0v) is 12.5. The number of rotatable bonds is 4. The molecule has 3 N–H and O–H groups in total. The van der Waals surface area contributed by atoms with E-state index in [0.717, 1.165) is 31.8 Å². The van der Waals surface area contributed by atoms with Crippen molar-refractivity contribution in [3.63, 3.8) is 0 Å². The molecule has 4 nitrogen and oxygen atoms in total. The summed E-state index contributed by atoms with van der Waals surface area (Å²) in [4.78, 5) is 4.29. The Morgan fingerprint density at radius 1 is 1.58 bits per heavy atom. The van der Waals surface area contributed by atoms with Crippen molar-refractivity contribution in [2.24, 2.45) is 17.1 Å². The van der Waals surface area contributed by atoms with Crippen molar-refractivity contribution in [2.45, 2.75) is 44.9 Å². The maximum atomic E-state index is 6.71. The summed E-state index contributed by atoms with van der Waals surface area (Å²) in [6, 6.07) is 0. The van der Waals surface area contributed by atoms with Crippen molar-refractivity contribution in [3.8, 4) is 0 Å². The summed E-state index contributed by atoms with van der Waals surface area (Å²) in [5.41, 5.74) is 9.57. The molecule has 3 atom stereocenters. The van der Waals surface area contributed by atoms with E-state index in [2.05, 4.69) is 29.5 Å². The maximum Gasteiger partial charge on any atom is 0.0795 e. The van der Waals surface area contributed by atoms with Gasteiger partial charge in [0.2, 0.25) is 0 Å². The first-order valence-electron chi connectivity index (χ1n) is 7.04. The van der Waals surface area contributed by atoms with Crippen molar-refractivity contribution in [3.05, 3.63) is 16.6 Å². The Morgan fingerprint density at radius 3 is 3.16 bits per heavy atom. The van der Waals surface area contributed by atoms with Crippen molar-refractivity contribution in [1.29, 1.82) is 0 Å². The molecule has 19 heavy (non-hydrogen) atoms. The van der Waals surface area contributed by atoms with Crippen LogP contribution in [0.5, 0.6) is 0 Å². The van der Waals surface area contributed by atoms with Crippen LogP contribution in [0.4, 0.5) is 0 Å². The Labute approximate surface area is 118 Å². The number of fused-ring (bicyclic) bond motifs is 1. The van der Waals surface area contributed by atoms with Crippen LogP contribution in [0, 0.1) is 11.3 Å². The topological polar surface area (TPSA) is 60.2 Å². The van der Waals surface area contributed by atoms with Crippen LogP contribution in [0.1, 0.15) is 32.4 Å². The molecule has 1 aromatic heterocycles. The van der Waals surface area contributed by atoms with E-state index in [1.807, 2.05) is 5.51 Å². The van der Waals surface area contributed by atoms with Crippen LogP contribution in [0.3, 0.4) is 0 Å². The van der Waals surface area contributed by atoms with Crippen molar-refractivity contribution >= 4 is 11.3 Å². The summed E-state index contributed by atoms with van der Waals surface area (Å²) < 4.78 is 5.92. The van der Waals surface area contributed by atoms with Gasteiger partial charge in [0.15, 0.2) is 0 Å². The lowest BCUT2D eigenvalue weighted by Gasteiger charge is -2.66. The molecule has 3 rings (SSSR count). The third-order valence-electron chi connectivity index (χ3n) is 5.10. The van der Waals surface area contributed by atoms with Gasteiger partial charge in [0.25, 0.3) is 0 Å². The van der Waals surface area contributed by atoms with Crippen LogP contribution >= 0.6 is 11.3 Å². The quantitative estimate of drug-likeness (QED) is 0.883. The fourth-order valence-electron chi connectivity index (χ4n) is 3.75. The first-order chi connectivity index (χ1) is 9.06. The zero-order valence-electron chi connectivity index (χ0n) is 11.7. The zero-order chi connectivity index (χ0) is 13.5. The van der Waals surface area contributed by atoms with E-state index >= 15 is 0 Å². The average Bonchev–Trinajstić information content (AvgIpc) is 2.91. The van der Waals surface area contributed by atoms with Crippen LogP contribution in [0.25, 0.3) is 0 Å². The van der Waals surface area contributed by atoms with Crippen LogP contribution in [0.15, 0.2) is 10.9 Å². The van der Waals surface area contributed by atoms with E-state index < -0.39 is 0 Å². The number of thiazole rings is 1. The van der Waals surface area contributed by atoms with Gasteiger partial charge in [-0.1, -0.05) is 13.8 Å². The van der Waals surface area contributed by atoms with Gasteiger partial charge in [-0.2, -0.15) is 0 Å². The second-order valence-electron chi connectivity index (χ2n) is 6.39. The molecule has 106 valence electrons. The van der Waals surface area contributed by atoms with Gasteiger partial charge in [0.05, 0.1) is 17.3 Å². The molecule has 1 aromatic rings. The molecule has 3 unspecified atom stereocenters. The second-order valence-corrected chi connectivity index (χ2v) is 7.10. The molecule has 1 saturated heterocycles. The molecular weight excluding hydrogens is 258 g/mol. The van der Waals surface area contributed by atoms with E-state index in [4.69, 9.17) is 10.5 Å². The third kappa shape index (κ3) is 2.03.